The van der Waals surface area contributed by atoms with Gasteiger partial charge in [0.25, 0.3) is 0 Å². The molecule has 3 rings (SSSR count). The van der Waals surface area contributed by atoms with Crippen LogP contribution in [0, 0.1) is 5.92 Å². The first-order valence-electron chi connectivity index (χ1n) is 8.65. The van der Waals surface area contributed by atoms with E-state index >= 15 is 0 Å². The Hall–Kier alpha value is -2.21. The zero-order valence-corrected chi connectivity index (χ0v) is 14.0. The van der Waals surface area contributed by atoms with E-state index in [4.69, 9.17) is 0 Å². The second kappa shape index (κ2) is 8.59. The average Bonchev–Trinajstić information content (AvgIpc) is 3.09. The van der Waals surface area contributed by atoms with Gasteiger partial charge in [-0.2, -0.15) is 5.10 Å². The van der Waals surface area contributed by atoms with Gasteiger partial charge in [0, 0.05) is 19.6 Å². The number of carbonyl (C=O) groups excluding carboxylic acids is 1. The van der Waals surface area contributed by atoms with Crippen LogP contribution in [-0.4, -0.2) is 51.8 Å². The molecule has 0 unspecified atom stereocenters. The number of nitrogens with zero attached hydrogens (tertiary/aromatic N) is 4. The van der Waals surface area contributed by atoms with Gasteiger partial charge in [0.15, 0.2) is 0 Å². The van der Waals surface area contributed by atoms with Crippen LogP contribution < -0.4 is 5.32 Å². The Morgan fingerprint density at radius 2 is 2.17 bits per heavy atom. The van der Waals surface area contributed by atoms with E-state index in [1.54, 1.807) is 12.7 Å². The van der Waals surface area contributed by atoms with Crippen molar-refractivity contribution < 1.29 is 4.79 Å². The van der Waals surface area contributed by atoms with E-state index in [9.17, 15) is 4.79 Å². The lowest BCUT2D eigenvalue weighted by atomic mass is 9.98. The van der Waals surface area contributed by atoms with Crippen LogP contribution in [-0.2, 0) is 17.8 Å². The van der Waals surface area contributed by atoms with Gasteiger partial charge < -0.3 is 5.32 Å². The van der Waals surface area contributed by atoms with Crippen molar-refractivity contribution in [3.05, 3.63) is 48.5 Å². The molecular weight excluding hydrogens is 302 g/mol. The van der Waals surface area contributed by atoms with E-state index in [0.29, 0.717) is 19.0 Å². The molecule has 24 heavy (non-hydrogen) atoms. The molecule has 128 valence electrons. The highest BCUT2D eigenvalue weighted by molar-refractivity contribution is 5.78. The zero-order chi connectivity index (χ0) is 16.6. The number of likely N-dealkylation sites (tertiary alicyclic amines) is 1. The minimum absolute atomic E-state index is 0.118. The number of nitrogens with one attached hydrogen (secondary N) is 1. The molecule has 1 fully saturated rings. The molecule has 0 spiro atoms. The van der Waals surface area contributed by atoms with Crippen LogP contribution in [0.5, 0.6) is 0 Å². The molecule has 6 heteroatoms. The van der Waals surface area contributed by atoms with Gasteiger partial charge in [-0.3, -0.25) is 14.4 Å². The van der Waals surface area contributed by atoms with Crippen molar-refractivity contribution in [3.63, 3.8) is 0 Å². The van der Waals surface area contributed by atoms with Crippen molar-refractivity contribution in [2.75, 3.05) is 26.2 Å². The third kappa shape index (κ3) is 5.16. The van der Waals surface area contributed by atoms with Crippen molar-refractivity contribution in [2.24, 2.45) is 5.92 Å². The fourth-order valence-corrected chi connectivity index (χ4v) is 3.29. The highest BCUT2D eigenvalue weighted by Gasteiger charge is 2.22. The predicted molar refractivity (Wildman–Crippen MR) is 92.3 cm³/mol. The molecule has 2 aromatic rings. The monoisotopic (exact) mass is 327 g/mol. The van der Waals surface area contributed by atoms with Crippen LogP contribution in [0.25, 0.3) is 0 Å². The molecule has 1 N–H and O–H groups in total. The lowest BCUT2D eigenvalue weighted by molar-refractivity contribution is -0.122. The second-order valence-corrected chi connectivity index (χ2v) is 6.45. The van der Waals surface area contributed by atoms with Crippen molar-refractivity contribution in [2.45, 2.75) is 25.8 Å². The molecule has 2 heterocycles. The van der Waals surface area contributed by atoms with E-state index < -0.39 is 0 Å². The summed E-state index contributed by atoms with van der Waals surface area (Å²) >= 11 is 0. The van der Waals surface area contributed by atoms with E-state index in [1.807, 2.05) is 22.9 Å². The predicted octanol–water partition coefficient (Wildman–Crippen LogP) is 1.35. The molecule has 1 amide bonds. The fourth-order valence-electron chi connectivity index (χ4n) is 3.29. The first kappa shape index (κ1) is 16.6. The number of rotatable bonds is 7. The van der Waals surface area contributed by atoms with Crippen LogP contribution in [0.4, 0.5) is 0 Å². The van der Waals surface area contributed by atoms with Gasteiger partial charge >= 0.3 is 0 Å². The molecule has 1 aliphatic heterocycles. The first-order valence-corrected chi connectivity index (χ1v) is 8.65. The standard InChI is InChI=1S/C18H25N5O/c24-18(20-9-8-16-5-2-1-3-6-16)13-22-10-4-7-17(11-22)12-23-15-19-14-21-23/h1-3,5-6,14-15,17H,4,7-13H2,(H,20,24)/t17-/m0/s1. The Kier molecular flexibility index (Phi) is 5.96. The summed E-state index contributed by atoms with van der Waals surface area (Å²) in [7, 11) is 0. The maximum Gasteiger partial charge on any atom is 0.234 e. The summed E-state index contributed by atoms with van der Waals surface area (Å²) in [6.07, 6.45) is 6.53. The smallest absolute Gasteiger partial charge is 0.234 e. The minimum Gasteiger partial charge on any atom is -0.355 e. The second-order valence-electron chi connectivity index (χ2n) is 6.45. The normalized spacial score (nSPS) is 18.4. The third-order valence-corrected chi connectivity index (χ3v) is 4.46. The molecule has 1 aliphatic rings. The van der Waals surface area contributed by atoms with E-state index in [1.165, 1.54) is 12.0 Å². The summed E-state index contributed by atoms with van der Waals surface area (Å²) in [5.74, 6) is 0.657. The lowest BCUT2D eigenvalue weighted by Crippen LogP contribution is -2.43. The summed E-state index contributed by atoms with van der Waals surface area (Å²) in [5, 5.41) is 7.20. The van der Waals surface area contributed by atoms with Crippen LogP contribution in [0.15, 0.2) is 43.0 Å². The van der Waals surface area contributed by atoms with Crippen molar-refractivity contribution >= 4 is 5.91 Å². The summed E-state index contributed by atoms with van der Waals surface area (Å²) in [4.78, 5) is 18.4. The SMILES string of the molecule is O=C(CN1CCC[C@H](Cn2cncn2)C1)NCCc1ccccc1. The van der Waals surface area contributed by atoms with Gasteiger partial charge in [0.1, 0.15) is 12.7 Å². The molecular formula is C18H25N5O. The first-order chi connectivity index (χ1) is 11.8. The third-order valence-electron chi connectivity index (χ3n) is 4.46. The van der Waals surface area contributed by atoms with Crippen molar-refractivity contribution in [1.82, 2.24) is 25.0 Å². The quantitative estimate of drug-likeness (QED) is 0.834. The van der Waals surface area contributed by atoms with Gasteiger partial charge in [0.05, 0.1) is 6.54 Å². The highest BCUT2D eigenvalue weighted by atomic mass is 16.2. The fraction of sp³-hybridized carbons (Fsp3) is 0.500. The van der Waals surface area contributed by atoms with Gasteiger partial charge in [-0.15, -0.1) is 0 Å². The van der Waals surface area contributed by atoms with Crippen molar-refractivity contribution in [3.8, 4) is 0 Å². The number of benzene rings is 1. The Bertz CT molecular complexity index is 614. The molecule has 1 aromatic carbocycles. The van der Waals surface area contributed by atoms with Crippen LogP contribution in [0.3, 0.4) is 0 Å². The molecule has 0 saturated carbocycles. The maximum atomic E-state index is 12.1. The lowest BCUT2D eigenvalue weighted by Gasteiger charge is -2.32. The van der Waals surface area contributed by atoms with Gasteiger partial charge in [0.2, 0.25) is 5.91 Å². The summed E-state index contributed by atoms with van der Waals surface area (Å²) < 4.78 is 1.88. The summed E-state index contributed by atoms with van der Waals surface area (Å²) in [6.45, 7) is 4.01. The van der Waals surface area contributed by atoms with E-state index in [-0.39, 0.29) is 5.91 Å². The Balaban J connectivity index is 1.37. The molecule has 1 atom stereocenters. The largest absolute Gasteiger partial charge is 0.355 e. The van der Waals surface area contributed by atoms with E-state index in [0.717, 1.165) is 32.5 Å². The molecule has 6 nitrogen and oxygen atoms in total. The van der Waals surface area contributed by atoms with Gasteiger partial charge in [-0.05, 0) is 37.3 Å². The number of aromatic nitrogens is 3. The van der Waals surface area contributed by atoms with Crippen LogP contribution >= 0.6 is 0 Å². The number of amides is 1. The van der Waals surface area contributed by atoms with Crippen molar-refractivity contribution in [1.29, 1.82) is 0 Å². The number of carbonyl (C=O) groups is 1. The number of hydrogen-bond donors (Lipinski definition) is 1. The Morgan fingerprint density at radius 3 is 2.96 bits per heavy atom. The average molecular weight is 327 g/mol. The number of hydrogen-bond acceptors (Lipinski definition) is 4. The topological polar surface area (TPSA) is 63.1 Å². The van der Waals surface area contributed by atoms with Crippen LogP contribution in [0.2, 0.25) is 0 Å². The Labute approximate surface area is 142 Å². The molecule has 0 radical (unpaired) electrons. The number of piperidine rings is 1. The Morgan fingerprint density at radius 1 is 1.29 bits per heavy atom. The van der Waals surface area contributed by atoms with Crippen LogP contribution in [0.1, 0.15) is 18.4 Å². The molecule has 0 bridgehead atoms. The summed E-state index contributed by atoms with van der Waals surface area (Å²) in [5.41, 5.74) is 1.25. The molecule has 1 aromatic heterocycles. The van der Waals surface area contributed by atoms with E-state index in [2.05, 4.69) is 32.4 Å². The zero-order valence-electron chi connectivity index (χ0n) is 14.0. The molecule has 1 saturated heterocycles. The molecule has 0 aliphatic carbocycles. The maximum absolute atomic E-state index is 12.1. The van der Waals surface area contributed by atoms with Gasteiger partial charge in [-0.25, -0.2) is 4.98 Å². The highest BCUT2D eigenvalue weighted by Crippen LogP contribution is 2.17. The van der Waals surface area contributed by atoms with Gasteiger partial charge in [-0.1, -0.05) is 30.3 Å². The summed E-state index contributed by atoms with van der Waals surface area (Å²) in [6, 6.07) is 10.2. The minimum atomic E-state index is 0.118.